The fourth-order valence-electron chi connectivity index (χ4n) is 2.47. The van der Waals surface area contributed by atoms with Crippen LogP contribution in [-0.4, -0.2) is 20.2 Å². The molecule has 0 aliphatic heterocycles. The number of fused-ring (bicyclic) bond motifs is 1. The van der Waals surface area contributed by atoms with E-state index in [0.29, 0.717) is 6.61 Å². The number of ether oxygens (including phenoxy) is 1. The summed E-state index contributed by atoms with van der Waals surface area (Å²) >= 11 is 0. The van der Waals surface area contributed by atoms with E-state index in [-0.39, 0.29) is 0 Å². The predicted octanol–water partition coefficient (Wildman–Crippen LogP) is 3.39. The second-order valence-electron chi connectivity index (χ2n) is 5.22. The number of aromatic nitrogens is 4. The Morgan fingerprint density at radius 3 is 2.48 bits per heavy atom. The van der Waals surface area contributed by atoms with Gasteiger partial charge in [0.1, 0.15) is 18.7 Å². The van der Waals surface area contributed by atoms with E-state index in [2.05, 4.69) is 45.9 Å². The number of benzene rings is 3. The van der Waals surface area contributed by atoms with E-state index in [0.717, 1.165) is 17.0 Å². The average Bonchev–Trinajstić information content (AvgIpc) is 3.15. The van der Waals surface area contributed by atoms with E-state index in [1.54, 1.807) is 11.0 Å². The van der Waals surface area contributed by atoms with Gasteiger partial charge in [-0.05, 0) is 57.1 Å². The Kier molecular flexibility index (Phi) is 3.44. The number of hydrogen-bond acceptors (Lipinski definition) is 4. The number of hydrogen-bond donors (Lipinski definition) is 0. The van der Waals surface area contributed by atoms with Crippen molar-refractivity contribution in [3.8, 4) is 11.4 Å². The maximum absolute atomic E-state index is 5.85. The third kappa shape index (κ3) is 2.89. The molecule has 0 saturated heterocycles. The second-order valence-corrected chi connectivity index (χ2v) is 5.22. The molecule has 0 unspecified atom stereocenters. The molecule has 1 aromatic heterocycles. The quantitative estimate of drug-likeness (QED) is 0.580. The molecule has 1 heterocycles. The lowest BCUT2D eigenvalue weighted by molar-refractivity contribution is 0.306. The lowest BCUT2D eigenvalue weighted by Gasteiger charge is -2.08. The molecule has 4 aromatic rings. The molecule has 0 amide bonds. The van der Waals surface area contributed by atoms with Crippen LogP contribution in [0.15, 0.2) is 73.1 Å². The van der Waals surface area contributed by atoms with Crippen LogP contribution in [0.25, 0.3) is 16.5 Å². The molecule has 0 radical (unpaired) electrons. The SMILES string of the molecule is c1ccc2cc(COc3ccc(-n4cnnn4)cc3)ccc2c1. The Bertz CT molecular complexity index is 917. The van der Waals surface area contributed by atoms with Gasteiger partial charge in [-0.25, -0.2) is 4.68 Å². The maximum atomic E-state index is 5.85. The zero-order valence-corrected chi connectivity index (χ0v) is 12.3. The molecular weight excluding hydrogens is 288 g/mol. The van der Waals surface area contributed by atoms with Gasteiger partial charge in [0.25, 0.3) is 0 Å². The van der Waals surface area contributed by atoms with Gasteiger partial charge in [0.05, 0.1) is 5.69 Å². The third-order valence-electron chi connectivity index (χ3n) is 3.67. The second kappa shape index (κ2) is 5.88. The molecule has 0 aliphatic carbocycles. The summed E-state index contributed by atoms with van der Waals surface area (Å²) in [5.41, 5.74) is 2.04. The third-order valence-corrected chi connectivity index (χ3v) is 3.67. The van der Waals surface area contributed by atoms with E-state index in [4.69, 9.17) is 4.74 Å². The Labute approximate surface area is 133 Å². The zero-order chi connectivity index (χ0) is 15.5. The van der Waals surface area contributed by atoms with Gasteiger partial charge >= 0.3 is 0 Å². The van der Waals surface area contributed by atoms with Crippen molar-refractivity contribution in [1.29, 1.82) is 0 Å². The summed E-state index contributed by atoms with van der Waals surface area (Å²) in [6, 6.07) is 22.4. The van der Waals surface area contributed by atoms with Gasteiger partial charge in [-0.15, -0.1) is 5.10 Å². The zero-order valence-electron chi connectivity index (χ0n) is 12.3. The fourth-order valence-corrected chi connectivity index (χ4v) is 2.47. The van der Waals surface area contributed by atoms with Crippen LogP contribution >= 0.6 is 0 Å². The predicted molar refractivity (Wildman–Crippen MR) is 87.4 cm³/mol. The van der Waals surface area contributed by atoms with E-state index < -0.39 is 0 Å². The van der Waals surface area contributed by atoms with Crippen molar-refractivity contribution in [3.63, 3.8) is 0 Å². The highest BCUT2D eigenvalue weighted by Gasteiger charge is 2.01. The minimum absolute atomic E-state index is 0.537. The van der Waals surface area contributed by atoms with Crippen molar-refractivity contribution < 1.29 is 4.74 Å². The summed E-state index contributed by atoms with van der Waals surface area (Å²) in [6.45, 7) is 0.537. The van der Waals surface area contributed by atoms with Gasteiger partial charge in [0.15, 0.2) is 0 Å². The molecule has 0 bridgehead atoms. The molecule has 4 rings (SSSR count). The summed E-state index contributed by atoms with van der Waals surface area (Å²) < 4.78 is 7.46. The average molecular weight is 302 g/mol. The van der Waals surface area contributed by atoms with Crippen LogP contribution in [0, 0.1) is 0 Å². The van der Waals surface area contributed by atoms with Crippen molar-refractivity contribution >= 4 is 10.8 Å². The summed E-state index contributed by atoms with van der Waals surface area (Å²) in [7, 11) is 0. The monoisotopic (exact) mass is 302 g/mol. The first kappa shape index (κ1) is 13.5. The molecule has 0 spiro atoms. The summed E-state index contributed by atoms with van der Waals surface area (Å²) in [5.74, 6) is 0.815. The Hall–Kier alpha value is -3.21. The number of nitrogens with zero attached hydrogens (tertiary/aromatic N) is 4. The van der Waals surface area contributed by atoms with Crippen molar-refractivity contribution in [2.24, 2.45) is 0 Å². The van der Waals surface area contributed by atoms with Crippen LogP contribution in [0.4, 0.5) is 0 Å². The first-order chi connectivity index (χ1) is 11.4. The smallest absolute Gasteiger partial charge is 0.143 e. The van der Waals surface area contributed by atoms with Crippen molar-refractivity contribution in [3.05, 3.63) is 78.6 Å². The van der Waals surface area contributed by atoms with Gasteiger partial charge < -0.3 is 4.74 Å². The van der Waals surface area contributed by atoms with Gasteiger partial charge in [0.2, 0.25) is 0 Å². The van der Waals surface area contributed by atoms with Gasteiger partial charge in [-0.1, -0.05) is 36.4 Å². The maximum Gasteiger partial charge on any atom is 0.143 e. The van der Waals surface area contributed by atoms with Crippen LogP contribution in [0.5, 0.6) is 5.75 Å². The van der Waals surface area contributed by atoms with E-state index in [1.165, 1.54) is 10.8 Å². The molecule has 0 atom stereocenters. The highest BCUT2D eigenvalue weighted by atomic mass is 16.5. The highest BCUT2D eigenvalue weighted by Crippen LogP contribution is 2.19. The lowest BCUT2D eigenvalue weighted by atomic mass is 10.1. The molecule has 0 saturated carbocycles. The lowest BCUT2D eigenvalue weighted by Crippen LogP contribution is -1.97. The molecule has 23 heavy (non-hydrogen) atoms. The van der Waals surface area contributed by atoms with Crippen LogP contribution in [0.2, 0.25) is 0 Å². The molecule has 112 valence electrons. The summed E-state index contributed by atoms with van der Waals surface area (Å²) in [5, 5.41) is 13.6. The van der Waals surface area contributed by atoms with Crippen molar-refractivity contribution in [1.82, 2.24) is 20.2 Å². The minimum Gasteiger partial charge on any atom is -0.489 e. The van der Waals surface area contributed by atoms with E-state index >= 15 is 0 Å². The minimum atomic E-state index is 0.537. The molecule has 0 aliphatic rings. The van der Waals surface area contributed by atoms with Crippen LogP contribution in [0.1, 0.15) is 5.56 Å². The first-order valence-corrected chi connectivity index (χ1v) is 7.32. The molecule has 0 fully saturated rings. The Balaban J connectivity index is 1.47. The van der Waals surface area contributed by atoms with Crippen LogP contribution < -0.4 is 4.74 Å². The first-order valence-electron chi connectivity index (χ1n) is 7.32. The van der Waals surface area contributed by atoms with E-state index in [9.17, 15) is 0 Å². The normalized spacial score (nSPS) is 10.8. The summed E-state index contributed by atoms with van der Waals surface area (Å²) in [4.78, 5) is 0. The molecular formula is C18H14N4O. The molecule has 5 nitrogen and oxygen atoms in total. The topological polar surface area (TPSA) is 52.8 Å². The van der Waals surface area contributed by atoms with Crippen LogP contribution in [0.3, 0.4) is 0 Å². The van der Waals surface area contributed by atoms with Gasteiger partial charge in [0, 0.05) is 0 Å². The van der Waals surface area contributed by atoms with Gasteiger partial charge in [-0.3, -0.25) is 0 Å². The number of tetrazole rings is 1. The number of rotatable bonds is 4. The van der Waals surface area contributed by atoms with Gasteiger partial charge in [-0.2, -0.15) is 0 Å². The summed E-state index contributed by atoms with van der Waals surface area (Å²) in [6.07, 6.45) is 1.56. The molecule has 0 N–H and O–H groups in total. The standard InChI is InChI=1S/C18H14N4O/c1-2-4-16-11-14(5-6-15(16)3-1)12-23-18-9-7-17(8-10-18)22-13-19-20-21-22/h1-11,13H,12H2. The molecule has 3 aromatic carbocycles. The van der Waals surface area contributed by atoms with Crippen molar-refractivity contribution in [2.45, 2.75) is 6.61 Å². The van der Waals surface area contributed by atoms with E-state index in [1.807, 2.05) is 36.4 Å². The highest BCUT2D eigenvalue weighted by molar-refractivity contribution is 5.82. The fraction of sp³-hybridized carbons (Fsp3) is 0.0556. The van der Waals surface area contributed by atoms with Crippen LogP contribution in [-0.2, 0) is 6.61 Å². The largest absolute Gasteiger partial charge is 0.489 e. The Morgan fingerprint density at radius 2 is 1.70 bits per heavy atom. The van der Waals surface area contributed by atoms with Crippen molar-refractivity contribution in [2.75, 3.05) is 0 Å². The molecule has 5 heteroatoms. The Morgan fingerprint density at radius 1 is 0.870 bits per heavy atom.